The molecule has 0 saturated carbocycles. The molecule has 1 rings (SSSR count). The Morgan fingerprint density at radius 2 is 2.10 bits per heavy atom. The SMILES string of the molecule is CN(C)CCNS(=O)(=O)c1ccc(/C=C/C(=O)O)cc1F. The summed E-state index contributed by atoms with van der Waals surface area (Å²) in [5.74, 6) is -2.10. The van der Waals surface area contributed by atoms with Crippen LogP contribution in [0.25, 0.3) is 6.08 Å². The Bertz CT molecular complexity index is 642. The van der Waals surface area contributed by atoms with E-state index in [9.17, 15) is 17.6 Å². The molecule has 0 heterocycles. The number of carboxylic acid groups (broad SMARTS) is 1. The number of likely N-dealkylation sites (N-methyl/N-ethyl adjacent to an activating group) is 1. The highest BCUT2D eigenvalue weighted by Crippen LogP contribution is 2.16. The number of hydrogen-bond acceptors (Lipinski definition) is 4. The fourth-order valence-electron chi connectivity index (χ4n) is 1.49. The van der Waals surface area contributed by atoms with Crippen LogP contribution in [0.4, 0.5) is 4.39 Å². The van der Waals surface area contributed by atoms with Crippen molar-refractivity contribution >= 4 is 22.1 Å². The number of hydrogen-bond donors (Lipinski definition) is 2. The maximum atomic E-state index is 13.8. The molecule has 0 fully saturated rings. The predicted octanol–water partition coefficient (Wildman–Crippen LogP) is 0.763. The molecule has 21 heavy (non-hydrogen) atoms. The van der Waals surface area contributed by atoms with Gasteiger partial charge in [-0.1, -0.05) is 6.07 Å². The van der Waals surface area contributed by atoms with Crippen molar-refractivity contribution in [2.75, 3.05) is 27.2 Å². The zero-order valence-electron chi connectivity index (χ0n) is 11.7. The molecule has 0 atom stereocenters. The summed E-state index contributed by atoms with van der Waals surface area (Å²) < 4.78 is 40.0. The van der Waals surface area contributed by atoms with Gasteiger partial charge in [0, 0.05) is 19.2 Å². The van der Waals surface area contributed by atoms with E-state index in [4.69, 9.17) is 5.11 Å². The molecular formula is C13H17FN2O4S. The molecule has 0 bridgehead atoms. The molecule has 0 aromatic heterocycles. The third-order valence-corrected chi connectivity index (χ3v) is 4.01. The number of halogens is 1. The first-order valence-corrected chi connectivity index (χ1v) is 7.55. The van der Waals surface area contributed by atoms with Gasteiger partial charge >= 0.3 is 5.97 Å². The van der Waals surface area contributed by atoms with E-state index in [0.29, 0.717) is 6.54 Å². The van der Waals surface area contributed by atoms with Crippen LogP contribution in [0.3, 0.4) is 0 Å². The number of carbonyl (C=O) groups is 1. The second-order valence-electron chi connectivity index (χ2n) is 4.56. The lowest BCUT2D eigenvalue weighted by molar-refractivity contribution is -0.131. The number of carboxylic acids is 1. The summed E-state index contributed by atoms with van der Waals surface area (Å²) in [6.07, 6.45) is 2.03. The molecule has 0 spiro atoms. The highest BCUT2D eigenvalue weighted by molar-refractivity contribution is 7.89. The van der Waals surface area contributed by atoms with Crippen LogP contribution in [0.15, 0.2) is 29.2 Å². The van der Waals surface area contributed by atoms with Crippen molar-refractivity contribution in [1.82, 2.24) is 9.62 Å². The van der Waals surface area contributed by atoms with E-state index in [0.717, 1.165) is 18.2 Å². The lowest BCUT2D eigenvalue weighted by Gasteiger charge is -2.11. The summed E-state index contributed by atoms with van der Waals surface area (Å²) in [5, 5.41) is 8.48. The zero-order valence-corrected chi connectivity index (χ0v) is 12.5. The Morgan fingerprint density at radius 3 is 2.62 bits per heavy atom. The van der Waals surface area contributed by atoms with Crippen molar-refractivity contribution in [3.8, 4) is 0 Å². The summed E-state index contributed by atoms with van der Waals surface area (Å²) in [5.41, 5.74) is 0.266. The molecule has 8 heteroatoms. The molecule has 0 saturated heterocycles. The van der Waals surface area contributed by atoms with Gasteiger partial charge in [0.05, 0.1) is 0 Å². The molecule has 0 aliphatic carbocycles. The van der Waals surface area contributed by atoms with Crippen LogP contribution in [0.5, 0.6) is 0 Å². The Morgan fingerprint density at radius 1 is 1.43 bits per heavy atom. The number of benzene rings is 1. The van der Waals surface area contributed by atoms with Crippen molar-refractivity contribution < 1.29 is 22.7 Å². The first-order chi connectivity index (χ1) is 9.72. The van der Waals surface area contributed by atoms with Gasteiger partial charge in [0.1, 0.15) is 10.7 Å². The second kappa shape index (κ2) is 7.30. The fraction of sp³-hybridized carbons (Fsp3) is 0.308. The standard InChI is InChI=1S/C13H17FN2O4S/c1-16(2)8-7-15-21(19,20)12-5-3-10(9-11(12)14)4-6-13(17)18/h3-6,9,15H,7-8H2,1-2H3,(H,17,18)/b6-4+. The Kier molecular flexibility index (Phi) is 6.01. The third kappa shape index (κ3) is 5.62. The Hall–Kier alpha value is -1.77. The molecule has 6 nitrogen and oxygen atoms in total. The van der Waals surface area contributed by atoms with Gasteiger partial charge in [-0.2, -0.15) is 0 Å². The number of sulfonamides is 1. The van der Waals surface area contributed by atoms with E-state index in [2.05, 4.69) is 4.72 Å². The summed E-state index contributed by atoms with van der Waals surface area (Å²) >= 11 is 0. The third-order valence-electron chi connectivity index (χ3n) is 2.51. The average Bonchev–Trinajstić information content (AvgIpc) is 2.35. The Balaban J connectivity index is 2.91. The van der Waals surface area contributed by atoms with Crippen molar-refractivity contribution in [3.05, 3.63) is 35.7 Å². The van der Waals surface area contributed by atoms with Crippen molar-refractivity contribution in [2.45, 2.75) is 4.90 Å². The highest BCUT2D eigenvalue weighted by Gasteiger charge is 2.18. The van der Waals surface area contributed by atoms with Crippen LogP contribution in [-0.4, -0.2) is 51.6 Å². The normalized spacial score (nSPS) is 12.2. The minimum atomic E-state index is -3.93. The largest absolute Gasteiger partial charge is 0.478 e. The van der Waals surface area contributed by atoms with E-state index in [1.807, 2.05) is 0 Å². The van der Waals surface area contributed by atoms with Gasteiger partial charge in [-0.3, -0.25) is 0 Å². The minimum Gasteiger partial charge on any atom is -0.478 e. The topological polar surface area (TPSA) is 86.7 Å². The van der Waals surface area contributed by atoms with Crippen LogP contribution in [0.1, 0.15) is 5.56 Å². The predicted molar refractivity (Wildman–Crippen MR) is 76.8 cm³/mol. The maximum Gasteiger partial charge on any atom is 0.328 e. The zero-order chi connectivity index (χ0) is 16.0. The fourth-order valence-corrected chi connectivity index (χ4v) is 2.57. The van der Waals surface area contributed by atoms with Crippen LogP contribution < -0.4 is 4.72 Å². The lowest BCUT2D eigenvalue weighted by atomic mass is 10.2. The van der Waals surface area contributed by atoms with Gasteiger partial charge < -0.3 is 10.0 Å². The van der Waals surface area contributed by atoms with E-state index in [1.165, 1.54) is 12.1 Å². The van der Waals surface area contributed by atoms with E-state index >= 15 is 0 Å². The van der Waals surface area contributed by atoms with Crippen LogP contribution in [0.2, 0.25) is 0 Å². The smallest absolute Gasteiger partial charge is 0.328 e. The molecule has 0 unspecified atom stereocenters. The molecule has 116 valence electrons. The van der Waals surface area contributed by atoms with Crippen molar-refractivity contribution in [2.24, 2.45) is 0 Å². The first-order valence-electron chi connectivity index (χ1n) is 6.07. The summed E-state index contributed by atoms with van der Waals surface area (Å²) in [6, 6.07) is 3.41. The first kappa shape index (κ1) is 17.3. The summed E-state index contributed by atoms with van der Waals surface area (Å²) in [4.78, 5) is 11.7. The lowest BCUT2D eigenvalue weighted by Crippen LogP contribution is -2.31. The van der Waals surface area contributed by atoms with E-state index in [1.54, 1.807) is 19.0 Å². The second-order valence-corrected chi connectivity index (χ2v) is 6.30. The van der Waals surface area contributed by atoms with E-state index in [-0.39, 0.29) is 12.1 Å². The van der Waals surface area contributed by atoms with Crippen LogP contribution in [0, 0.1) is 5.82 Å². The molecule has 0 aliphatic rings. The number of nitrogens with zero attached hydrogens (tertiary/aromatic N) is 1. The summed E-state index contributed by atoms with van der Waals surface area (Å²) in [6.45, 7) is 0.649. The van der Waals surface area contributed by atoms with Gasteiger partial charge in [0.2, 0.25) is 10.0 Å². The number of aliphatic carboxylic acids is 1. The number of nitrogens with one attached hydrogen (secondary N) is 1. The molecule has 1 aromatic carbocycles. The van der Waals surface area contributed by atoms with Gasteiger partial charge in [0.15, 0.2) is 0 Å². The average molecular weight is 316 g/mol. The Labute approximate surface area is 122 Å². The molecule has 1 aromatic rings. The molecule has 0 aliphatic heterocycles. The van der Waals surface area contributed by atoms with Gasteiger partial charge in [-0.05, 0) is 37.9 Å². The van der Waals surface area contributed by atoms with Crippen molar-refractivity contribution in [1.29, 1.82) is 0 Å². The molecule has 0 radical (unpaired) electrons. The monoisotopic (exact) mass is 316 g/mol. The minimum absolute atomic E-state index is 0.162. The van der Waals surface area contributed by atoms with E-state index < -0.39 is 26.7 Å². The molecule has 2 N–H and O–H groups in total. The number of rotatable bonds is 7. The molecule has 0 amide bonds. The van der Waals surface area contributed by atoms with Crippen LogP contribution >= 0.6 is 0 Å². The summed E-state index contributed by atoms with van der Waals surface area (Å²) in [7, 11) is -0.346. The van der Waals surface area contributed by atoms with Gasteiger partial charge in [0.25, 0.3) is 0 Å². The van der Waals surface area contributed by atoms with Gasteiger partial charge in [-0.15, -0.1) is 0 Å². The quantitative estimate of drug-likeness (QED) is 0.725. The van der Waals surface area contributed by atoms with Crippen LogP contribution in [-0.2, 0) is 14.8 Å². The highest BCUT2D eigenvalue weighted by atomic mass is 32.2. The molecular weight excluding hydrogens is 299 g/mol. The van der Waals surface area contributed by atoms with Crippen molar-refractivity contribution in [3.63, 3.8) is 0 Å². The maximum absolute atomic E-state index is 13.8. The van der Waals surface area contributed by atoms with Gasteiger partial charge in [-0.25, -0.2) is 22.3 Å².